The maximum Gasteiger partial charge on any atom is 0.306 e. The third-order valence-corrected chi connectivity index (χ3v) is 9.95. The standard InChI is InChI=1S/C25H38O5/c1-15(26)19-6-7-20-18-5-4-16-14-17(30-23(29)9-8-22(27)28)10-12-24(16,2)21(18)11-13-25(19,20)3/h16-21H,4-14H2,1-3H3,(H,27,28)/t16-,17+,18-,19+,20-,21-,24-,25+/m0/s1. The van der Waals surface area contributed by atoms with Crippen molar-refractivity contribution >= 4 is 17.7 Å². The number of carboxylic acid groups (broad SMARTS) is 1. The average molecular weight is 419 g/mol. The van der Waals surface area contributed by atoms with Crippen molar-refractivity contribution in [2.24, 2.45) is 40.4 Å². The highest BCUT2D eigenvalue weighted by atomic mass is 16.5. The molecule has 0 bridgehead atoms. The molecule has 0 saturated heterocycles. The molecular weight excluding hydrogens is 380 g/mol. The highest BCUT2D eigenvalue weighted by Crippen LogP contribution is 2.67. The van der Waals surface area contributed by atoms with Crippen molar-refractivity contribution in [3.63, 3.8) is 0 Å². The fourth-order valence-corrected chi connectivity index (χ4v) is 8.45. The van der Waals surface area contributed by atoms with Gasteiger partial charge in [-0.25, -0.2) is 0 Å². The molecule has 0 unspecified atom stereocenters. The third kappa shape index (κ3) is 3.60. The van der Waals surface area contributed by atoms with Crippen molar-refractivity contribution in [1.82, 2.24) is 0 Å². The number of Topliss-reactive ketones (excluding diaryl/α,β-unsaturated/α-hetero) is 1. The molecule has 8 atom stereocenters. The number of hydrogen-bond donors (Lipinski definition) is 1. The van der Waals surface area contributed by atoms with E-state index in [2.05, 4.69) is 13.8 Å². The summed E-state index contributed by atoms with van der Waals surface area (Å²) in [5.74, 6) is 2.07. The number of ether oxygens (including phenoxy) is 1. The van der Waals surface area contributed by atoms with Gasteiger partial charge in [0.25, 0.3) is 0 Å². The maximum atomic E-state index is 12.3. The van der Waals surface area contributed by atoms with E-state index < -0.39 is 5.97 Å². The second-order valence-corrected chi connectivity index (χ2v) is 11.2. The first-order chi connectivity index (χ1) is 14.1. The van der Waals surface area contributed by atoms with Gasteiger partial charge in [-0.1, -0.05) is 13.8 Å². The van der Waals surface area contributed by atoms with Crippen LogP contribution in [0.25, 0.3) is 0 Å². The molecule has 4 rings (SSSR count). The smallest absolute Gasteiger partial charge is 0.306 e. The van der Waals surface area contributed by atoms with E-state index in [0.29, 0.717) is 23.0 Å². The molecule has 168 valence electrons. The minimum absolute atomic E-state index is 0.0317. The molecule has 0 spiro atoms. The Morgan fingerprint density at radius 2 is 1.60 bits per heavy atom. The molecule has 1 N–H and O–H groups in total. The number of carbonyl (C=O) groups is 3. The maximum absolute atomic E-state index is 12.3. The van der Waals surface area contributed by atoms with E-state index in [1.54, 1.807) is 6.92 Å². The second kappa shape index (κ2) is 7.94. The summed E-state index contributed by atoms with van der Waals surface area (Å²) < 4.78 is 5.66. The summed E-state index contributed by atoms with van der Waals surface area (Å²) in [6.07, 6.45) is 9.82. The Bertz CT molecular complexity index is 716. The topological polar surface area (TPSA) is 80.7 Å². The number of aliphatic carboxylic acids is 1. The van der Waals surface area contributed by atoms with Crippen molar-refractivity contribution in [2.75, 3.05) is 0 Å². The van der Waals surface area contributed by atoms with Crippen LogP contribution in [0.4, 0.5) is 0 Å². The number of rotatable bonds is 5. The Labute approximate surface area is 180 Å². The summed E-state index contributed by atoms with van der Waals surface area (Å²) in [6, 6.07) is 0. The number of ketones is 1. The van der Waals surface area contributed by atoms with Crippen LogP contribution in [-0.4, -0.2) is 28.9 Å². The van der Waals surface area contributed by atoms with E-state index in [1.165, 1.54) is 32.1 Å². The zero-order valence-corrected chi connectivity index (χ0v) is 18.8. The van der Waals surface area contributed by atoms with Gasteiger partial charge in [0.05, 0.1) is 12.8 Å². The van der Waals surface area contributed by atoms with Gasteiger partial charge in [0.15, 0.2) is 0 Å². The summed E-state index contributed by atoms with van der Waals surface area (Å²) in [4.78, 5) is 35.0. The van der Waals surface area contributed by atoms with Crippen LogP contribution in [0.3, 0.4) is 0 Å². The molecule has 0 aliphatic heterocycles. The molecule has 30 heavy (non-hydrogen) atoms. The molecule has 4 fully saturated rings. The van der Waals surface area contributed by atoms with E-state index in [0.717, 1.165) is 37.5 Å². The van der Waals surface area contributed by atoms with Crippen LogP contribution in [0.1, 0.15) is 91.4 Å². The fraction of sp³-hybridized carbons (Fsp3) is 0.880. The van der Waals surface area contributed by atoms with Gasteiger partial charge in [-0.3, -0.25) is 14.4 Å². The van der Waals surface area contributed by atoms with Crippen LogP contribution >= 0.6 is 0 Å². The number of carboxylic acids is 1. The summed E-state index contributed by atoms with van der Waals surface area (Å²) in [6.45, 7) is 6.67. The van der Waals surface area contributed by atoms with Gasteiger partial charge in [-0.2, -0.15) is 0 Å². The number of fused-ring (bicyclic) bond motifs is 5. The van der Waals surface area contributed by atoms with Crippen molar-refractivity contribution in [3.05, 3.63) is 0 Å². The molecule has 4 aliphatic carbocycles. The highest BCUT2D eigenvalue weighted by Gasteiger charge is 2.60. The van der Waals surface area contributed by atoms with E-state index >= 15 is 0 Å². The fourth-order valence-electron chi connectivity index (χ4n) is 8.45. The van der Waals surface area contributed by atoms with Gasteiger partial charge in [0.2, 0.25) is 0 Å². The molecule has 0 amide bonds. The number of carbonyl (C=O) groups excluding carboxylic acids is 2. The largest absolute Gasteiger partial charge is 0.481 e. The van der Waals surface area contributed by atoms with Gasteiger partial charge < -0.3 is 9.84 Å². The summed E-state index contributed by atoms with van der Waals surface area (Å²) in [5, 5.41) is 8.77. The predicted octanol–water partition coefficient (Wildman–Crippen LogP) is 5.01. The lowest BCUT2D eigenvalue weighted by atomic mass is 9.44. The molecule has 0 aromatic heterocycles. The lowest BCUT2D eigenvalue weighted by molar-refractivity contribution is -0.164. The highest BCUT2D eigenvalue weighted by molar-refractivity contribution is 5.79. The van der Waals surface area contributed by atoms with Crippen molar-refractivity contribution < 1.29 is 24.2 Å². The predicted molar refractivity (Wildman–Crippen MR) is 113 cm³/mol. The van der Waals surface area contributed by atoms with Crippen LogP contribution in [-0.2, 0) is 19.1 Å². The van der Waals surface area contributed by atoms with Crippen LogP contribution in [0.15, 0.2) is 0 Å². The monoisotopic (exact) mass is 418 g/mol. The van der Waals surface area contributed by atoms with Crippen LogP contribution < -0.4 is 0 Å². The first kappa shape index (κ1) is 21.8. The second-order valence-electron chi connectivity index (χ2n) is 11.2. The summed E-state index contributed by atoms with van der Waals surface area (Å²) in [5.41, 5.74) is 0.510. The molecule has 0 heterocycles. The zero-order chi connectivity index (χ0) is 21.7. The molecule has 4 aliphatic rings. The molecule has 0 aromatic carbocycles. The van der Waals surface area contributed by atoms with Crippen molar-refractivity contribution in [1.29, 1.82) is 0 Å². The molecule has 5 heteroatoms. The van der Waals surface area contributed by atoms with Crippen LogP contribution in [0, 0.1) is 40.4 Å². The van der Waals surface area contributed by atoms with Gasteiger partial charge in [-0.15, -0.1) is 0 Å². The lowest BCUT2D eigenvalue weighted by Gasteiger charge is -2.61. The molecule has 4 saturated carbocycles. The average Bonchev–Trinajstić information content (AvgIpc) is 3.04. The van der Waals surface area contributed by atoms with Gasteiger partial charge in [-0.05, 0) is 99.2 Å². The Morgan fingerprint density at radius 1 is 0.900 bits per heavy atom. The van der Waals surface area contributed by atoms with Gasteiger partial charge >= 0.3 is 11.9 Å². The van der Waals surface area contributed by atoms with E-state index in [9.17, 15) is 14.4 Å². The van der Waals surface area contributed by atoms with Gasteiger partial charge in [0, 0.05) is 5.92 Å². The minimum atomic E-state index is -0.954. The molecule has 0 aromatic rings. The number of hydrogen-bond acceptors (Lipinski definition) is 4. The van der Waals surface area contributed by atoms with Crippen LogP contribution in [0.2, 0.25) is 0 Å². The Hall–Kier alpha value is -1.39. The Morgan fingerprint density at radius 3 is 2.30 bits per heavy atom. The van der Waals surface area contributed by atoms with E-state index in [-0.39, 0.29) is 36.2 Å². The normalized spacial score (nSPS) is 45.0. The lowest BCUT2D eigenvalue weighted by Crippen LogP contribution is -2.54. The minimum Gasteiger partial charge on any atom is -0.481 e. The van der Waals surface area contributed by atoms with Crippen molar-refractivity contribution in [3.8, 4) is 0 Å². The quantitative estimate of drug-likeness (QED) is 0.635. The molecule has 5 nitrogen and oxygen atoms in total. The SMILES string of the molecule is CC(=O)[C@H]1CC[C@H]2[C@@H]3CC[C@H]4C[C@H](OC(=O)CCC(=O)O)CC[C@]4(C)[C@H]3CC[C@]12C. The van der Waals surface area contributed by atoms with Gasteiger partial charge in [0.1, 0.15) is 11.9 Å². The van der Waals surface area contributed by atoms with E-state index in [4.69, 9.17) is 9.84 Å². The molecule has 0 radical (unpaired) electrons. The zero-order valence-electron chi connectivity index (χ0n) is 18.8. The van der Waals surface area contributed by atoms with E-state index in [1.807, 2.05) is 0 Å². The Balaban J connectivity index is 1.42. The third-order valence-electron chi connectivity index (χ3n) is 9.95. The summed E-state index contributed by atoms with van der Waals surface area (Å²) >= 11 is 0. The molecular formula is C25H38O5. The van der Waals surface area contributed by atoms with Crippen molar-refractivity contribution in [2.45, 2.75) is 97.5 Å². The first-order valence-corrected chi connectivity index (χ1v) is 12.1. The van der Waals surface area contributed by atoms with Crippen LogP contribution in [0.5, 0.6) is 0 Å². The first-order valence-electron chi connectivity index (χ1n) is 12.1. The number of esters is 1. The summed E-state index contributed by atoms with van der Waals surface area (Å²) in [7, 11) is 0. The Kier molecular flexibility index (Phi) is 5.78.